The van der Waals surface area contributed by atoms with Gasteiger partial charge in [0.15, 0.2) is 0 Å². The van der Waals surface area contributed by atoms with E-state index in [-0.39, 0.29) is 12.1 Å². The number of likely N-dealkylation sites (tertiary alicyclic amines) is 1. The first-order valence-electron chi connectivity index (χ1n) is 7.56. The van der Waals surface area contributed by atoms with Crippen molar-refractivity contribution in [1.82, 2.24) is 10.2 Å². The molecular weight excluding hydrogens is 282 g/mol. The van der Waals surface area contributed by atoms with Gasteiger partial charge in [0.05, 0.1) is 14.2 Å². The molecule has 2 N–H and O–H groups in total. The highest BCUT2D eigenvalue weighted by Crippen LogP contribution is 2.25. The van der Waals surface area contributed by atoms with Crippen LogP contribution in [0.15, 0.2) is 18.2 Å². The van der Waals surface area contributed by atoms with Gasteiger partial charge >= 0.3 is 6.03 Å². The molecule has 0 aromatic heterocycles. The summed E-state index contributed by atoms with van der Waals surface area (Å²) < 4.78 is 10.4. The van der Waals surface area contributed by atoms with E-state index in [1.165, 1.54) is 0 Å². The van der Waals surface area contributed by atoms with E-state index in [1.807, 2.05) is 0 Å². The van der Waals surface area contributed by atoms with Gasteiger partial charge in [-0.15, -0.1) is 0 Å². The number of nitrogens with zero attached hydrogens (tertiary/aromatic N) is 1. The smallest absolute Gasteiger partial charge is 0.319 e. The van der Waals surface area contributed by atoms with Crippen molar-refractivity contribution in [3.05, 3.63) is 18.2 Å². The van der Waals surface area contributed by atoms with E-state index in [4.69, 9.17) is 9.47 Å². The van der Waals surface area contributed by atoms with Gasteiger partial charge in [-0.1, -0.05) is 0 Å². The van der Waals surface area contributed by atoms with Crippen LogP contribution in [0.1, 0.15) is 20.3 Å². The Hall–Kier alpha value is -1.95. The third-order valence-electron chi connectivity index (χ3n) is 3.89. The number of carbonyl (C=O) groups is 1. The third kappa shape index (κ3) is 4.27. The second kappa shape index (κ2) is 7.35. The van der Waals surface area contributed by atoms with Crippen molar-refractivity contribution >= 4 is 11.7 Å². The Balaban J connectivity index is 1.92. The molecular formula is C16H25N3O3. The number of hydrogen-bond donors (Lipinski definition) is 2. The number of methoxy groups -OCH3 is 2. The van der Waals surface area contributed by atoms with E-state index >= 15 is 0 Å². The zero-order valence-electron chi connectivity index (χ0n) is 13.7. The molecule has 0 bridgehead atoms. The average molecular weight is 307 g/mol. The van der Waals surface area contributed by atoms with Crippen molar-refractivity contribution in [2.24, 2.45) is 0 Å². The number of rotatable bonds is 5. The summed E-state index contributed by atoms with van der Waals surface area (Å²) in [7, 11) is 3.16. The quantitative estimate of drug-likeness (QED) is 0.876. The number of amides is 2. The Morgan fingerprint density at radius 2 is 1.86 bits per heavy atom. The Morgan fingerprint density at radius 3 is 2.36 bits per heavy atom. The molecule has 0 aliphatic carbocycles. The number of urea groups is 1. The average Bonchev–Trinajstić information content (AvgIpc) is 2.95. The van der Waals surface area contributed by atoms with Crippen LogP contribution in [0.5, 0.6) is 11.5 Å². The van der Waals surface area contributed by atoms with E-state index < -0.39 is 0 Å². The van der Waals surface area contributed by atoms with Crippen LogP contribution in [0.4, 0.5) is 10.5 Å². The molecule has 122 valence electrons. The molecule has 2 amide bonds. The molecule has 6 heteroatoms. The summed E-state index contributed by atoms with van der Waals surface area (Å²) in [6.07, 6.45) is 0.979. The van der Waals surface area contributed by atoms with Gasteiger partial charge in [0, 0.05) is 49.1 Å². The van der Waals surface area contributed by atoms with Gasteiger partial charge < -0.3 is 20.1 Å². The molecule has 0 saturated carbocycles. The number of nitrogens with one attached hydrogen (secondary N) is 2. The molecule has 1 fully saturated rings. The summed E-state index contributed by atoms with van der Waals surface area (Å²) in [4.78, 5) is 14.5. The minimum absolute atomic E-state index is 0.190. The number of carbonyl (C=O) groups excluding carboxylic acids is 1. The summed E-state index contributed by atoms with van der Waals surface area (Å²) in [5, 5.41) is 5.85. The lowest BCUT2D eigenvalue weighted by atomic mass is 10.2. The van der Waals surface area contributed by atoms with Crippen LogP contribution in [-0.4, -0.2) is 50.3 Å². The fourth-order valence-electron chi connectivity index (χ4n) is 2.61. The van der Waals surface area contributed by atoms with Crippen molar-refractivity contribution < 1.29 is 14.3 Å². The highest BCUT2D eigenvalue weighted by molar-refractivity contribution is 5.90. The monoisotopic (exact) mass is 307 g/mol. The number of hydrogen-bond acceptors (Lipinski definition) is 4. The highest BCUT2D eigenvalue weighted by Gasteiger charge is 2.25. The lowest BCUT2D eigenvalue weighted by Gasteiger charge is -2.20. The third-order valence-corrected chi connectivity index (χ3v) is 3.89. The molecule has 1 aromatic carbocycles. The predicted octanol–water partition coefficient (Wildman–Crippen LogP) is 2.31. The van der Waals surface area contributed by atoms with Gasteiger partial charge in [-0.25, -0.2) is 4.79 Å². The second-order valence-corrected chi connectivity index (χ2v) is 5.77. The van der Waals surface area contributed by atoms with Crippen molar-refractivity contribution in [3.63, 3.8) is 0 Å². The lowest BCUT2D eigenvalue weighted by Crippen LogP contribution is -2.40. The van der Waals surface area contributed by atoms with Gasteiger partial charge in [0.2, 0.25) is 0 Å². The molecule has 22 heavy (non-hydrogen) atoms. The van der Waals surface area contributed by atoms with E-state index in [9.17, 15) is 4.79 Å². The summed E-state index contributed by atoms with van der Waals surface area (Å²) in [5.41, 5.74) is 0.646. The van der Waals surface area contributed by atoms with E-state index in [0.29, 0.717) is 23.2 Å². The summed E-state index contributed by atoms with van der Waals surface area (Å²) in [6.45, 7) is 6.26. The van der Waals surface area contributed by atoms with E-state index in [0.717, 1.165) is 19.5 Å². The zero-order chi connectivity index (χ0) is 16.1. The fourth-order valence-corrected chi connectivity index (χ4v) is 2.61. The highest BCUT2D eigenvalue weighted by atomic mass is 16.5. The normalized spacial score (nSPS) is 18.3. The standard InChI is InChI=1S/C16H25N3O3/c1-11(2)19-6-5-12(10-19)17-16(20)18-13-7-14(21-3)9-15(8-13)22-4/h7-9,11-12H,5-6,10H2,1-4H3,(H2,17,18,20). The van der Waals surface area contributed by atoms with Crippen LogP contribution < -0.4 is 20.1 Å². The van der Waals surface area contributed by atoms with Crippen molar-refractivity contribution in [3.8, 4) is 11.5 Å². The van der Waals surface area contributed by atoms with Gasteiger partial charge in [-0.3, -0.25) is 4.90 Å². The van der Waals surface area contributed by atoms with Crippen LogP contribution in [0.3, 0.4) is 0 Å². The van der Waals surface area contributed by atoms with Crippen LogP contribution in [0, 0.1) is 0 Å². The van der Waals surface area contributed by atoms with Crippen LogP contribution in [-0.2, 0) is 0 Å². The molecule has 1 atom stereocenters. The van der Waals surface area contributed by atoms with Gasteiger partial charge in [0.25, 0.3) is 0 Å². The Bertz CT molecular complexity index is 497. The first-order valence-corrected chi connectivity index (χ1v) is 7.56. The van der Waals surface area contributed by atoms with Crippen LogP contribution in [0.2, 0.25) is 0 Å². The molecule has 0 spiro atoms. The number of anilines is 1. The molecule has 1 aliphatic rings. The van der Waals surface area contributed by atoms with Crippen LogP contribution >= 0.6 is 0 Å². The molecule has 6 nitrogen and oxygen atoms in total. The number of ether oxygens (including phenoxy) is 2. The van der Waals surface area contributed by atoms with Crippen molar-refractivity contribution in [1.29, 1.82) is 0 Å². The SMILES string of the molecule is COc1cc(NC(=O)NC2CCN(C(C)C)C2)cc(OC)c1. The molecule has 1 saturated heterocycles. The predicted molar refractivity (Wildman–Crippen MR) is 86.8 cm³/mol. The molecule has 0 radical (unpaired) electrons. The minimum atomic E-state index is -0.203. The summed E-state index contributed by atoms with van der Waals surface area (Å²) in [5.74, 6) is 1.28. The Morgan fingerprint density at radius 1 is 1.23 bits per heavy atom. The van der Waals surface area contributed by atoms with Gasteiger partial charge in [-0.2, -0.15) is 0 Å². The maximum absolute atomic E-state index is 12.1. The van der Waals surface area contributed by atoms with Gasteiger partial charge in [0.1, 0.15) is 11.5 Å². The molecule has 2 rings (SSSR count). The van der Waals surface area contributed by atoms with E-state index in [1.54, 1.807) is 32.4 Å². The Kier molecular flexibility index (Phi) is 5.49. The summed E-state index contributed by atoms with van der Waals surface area (Å²) in [6, 6.07) is 5.79. The first-order chi connectivity index (χ1) is 10.5. The Labute approximate surface area is 131 Å². The maximum Gasteiger partial charge on any atom is 0.319 e. The van der Waals surface area contributed by atoms with Gasteiger partial charge in [-0.05, 0) is 20.3 Å². The van der Waals surface area contributed by atoms with Crippen molar-refractivity contribution in [2.75, 3.05) is 32.6 Å². The number of benzene rings is 1. The lowest BCUT2D eigenvalue weighted by molar-refractivity contribution is 0.244. The van der Waals surface area contributed by atoms with E-state index in [2.05, 4.69) is 29.4 Å². The zero-order valence-corrected chi connectivity index (χ0v) is 13.7. The minimum Gasteiger partial charge on any atom is -0.497 e. The molecule has 1 unspecified atom stereocenters. The van der Waals surface area contributed by atoms with Crippen molar-refractivity contribution in [2.45, 2.75) is 32.4 Å². The topological polar surface area (TPSA) is 62.8 Å². The molecule has 1 aromatic rings. The molecule has 1 aliphatic heterocycles. The largest absolute Gasteiger partial charge is 0.497 e. The maximum atomic E-state index is 12.1. The molecule has 1 heterocycles. The second-order valence-electron chi connectivity index (χ2n) is 5.77. The summed E-state index contributed by atoms with van der Waals surface area (Å²) >= 11 is 0. The first kappa shape index (κ1) is 16.4. The van der Waals surface area contributed by atoms with Crippen LogP contribution in [0.25, 0.3) is 0 Å². The fraction of sp³-hybridized carbons (Fsp3) is 0.562.